The van der Waals surface area contributed by atoms with E-state index in [0.29, 0.717) is 35.6 Å². The summed E-state index contributed by atoms with van der Waals surface area (Å²) in [4.78, 5) is 6.79. The maximum absolute atomic E-state index is 6.64. The minimum absolute atomic E-state index is 0.143. The molecule has 0 aliphatic carbocycles. The van der Waals surface area contributed by atoms with E-state index in [0.717, 1.165) is 34.1 Å². The van der Waals surface area contributed by atoms with Crippen LogP contribution in [-0.2, 0) is 11.3 Å². The summed E-state index contributed by atoms with van der Waals surface area (Å²) in [5.74, 6) is 1.51. The molecule has 5 rings (SSSR count). The van der Waals surface area contributed by atoms with Crippen LogP contribution in [0.25, 0.3) is 0 Å². The van der Waals surface area contributed by atoms with Crippen molar-refractivity contribution >= 4 is 34.6 Å². The third kappa shape index (κ3) is 5.09. The Hall–Kier alpha value is -3.33. The molecule has 3 aromatic heterocycles. The van der Waals surface area contributed by atoms with Crippen molar-refractivity contribution in [1.29, 1.82) is 0 Å². The Balaban J connectivity index is 1.56. The topological polar surface area (TPSA) is 64.7 Å². The molecule has 1 fully saturated rings. The van der Waals surface area contributed by atoms with E-state index in [4.69, 9.17) is 37.7 Å². The Labute approximate surface area is 227 Å². The van der Waals surface area contributed by atoms with Crippen molar-refractivity contribution in [3.63, 3.8) is 0 Å². The Kier molecular flexibility index (Phi) is 7.50. The van der Waals surface area contributed by atoms with Crippen LogP contribution < -0.4 is 15.0 Å². The number of aryl methyl sites for hydroxylation is 1. The SMILES string of the molecule is COCCOc1ccc(N2C(=S)N[C@H](c3ccccn3)[C@@H]2c2cc(C)n(Cc3ccco3)c2C)cc1Cl. The van der Waals surface area contributed by atoms with Crippen LogP contribution in [0.1, 0.15) is 40.5 Å². The summed E-state index contributed by atoms with van der Waals surface area (Å²) < 4.78 is 18.7. The predicted molar refractivity (Wildman–Crippen MR) is 148 cm³/mol. The lowest BCUT2D eigenvalue weighted by Gasteiger charge is -2.28. The molecule has 1 saturated heterocycles. The van der Waals surface area contributed by atoms with Gasteiger partial charge >= 0.3 is 0 Å². The second-order valence-electron chi connectivity index (χ2n) is 8.94. The number of hydrogen-bond donors (Lipinski definition) is 1. The monoisotopic (exact) mass is 536 g/mol. The maximum atomic E-state index is 6.64. The Morgan fingerprint density at radius 2 is 1.97 bits per heavy atom. The molecule has 1 aromatic carbocycles. The van der Waals surface area contributed by atoms with Crippen LogP contribution in [0.2, 0.25) is 5.02 Å². The molecular weight excluding hydrogens is 508 g/mol. The molecule has 0 bridgehead atoms. The number of anilines is 1. The Morgan fingerprint density at radius 1 is 1.11 bits per heavy atom. The molecule has 0 saturated carbocycles. The third-order valence-electron chi connectivity index (χ3n) is 6.66. The second-order valence-corrected chi connectivity index (χ2v) is 9.74. The molecule has 0 radical (unpaired) electrons. The van der Waals surface area contributed by atoms with Gasteiger partial charge in [0.05, 0.1) is 42.2 Å². The largest absolute Gasteiger partial charge is 0.490 e. The van der Waals surface area contributed by atoms with Crippen molar-refractivity contribution in [3.8, 4) is 5.75 Å². The van der Waals surface area contributed by atoms with Crippen molar-refractivity contribution in [2.75, 3.05) is 25.2 Å². The Bertz CT molecular complexity index is 1370. The first-order chi connectivity index (χ1) is 18.0. The molecule has 4 heterocycles. The minimum Gasteiger partial charge on any atom is -0.490 e. The van der Waals surface area contributed by atoms with E-state index in [-0.39, 0.29) is 12.1 Å². The number of methoxy groups -OCH3 is 1. The molecule has 7 nitrogen and oxygen atoms in total. The lowest BCUT2D eigenvalue weighted by Crippen LogP contribution is -2.29. The van der Waals surface area contributed by atoms with Crippen molar-refractivity contribution in [2.24, 2.45) is 0 Å². The summed E-state index contributed by atoms with van der Waals surface area (Å²) in [5.41, 5.74) is 5.23. The average Bonchev–Trinajstić information content (AvgIpc) is 3.60. The molecule has 0 spiro atoms. The zero-order chi connectivity index (χ0) is 25.9. The smallest absolute Gasteiger partial charge is 0.174 e. The van der Waals surface area contributed by atoms with Crippen molar-refractivity contribution in [1.82, 2.24) is 14.9 Å². The van der Waals surface area contributed by atoms with Crippen LogP contribution >= 0.6 is 23.8 Å². The van der Waals surface area contributed by atoms with Crippen LogP contribution in [0.15, 0.2) is 71.5 Å². The number of benzene rings is 1. The highest BCUT2D eigenvalue weighted by molar-refractivity contribution is 7.80. The van der Waals surface area contributed by atoms with Crippen LogP contribution in [0, 0.1) is 13.8 Å². The number of nitrogens with one attached hydrogen (secondary N) is 1. The zero-order valence-electron chi connectivity index (χ0n) is 21.0. The first-order valence-corrected chi connectivity index (χ1v) is 12.9. The molecule has 37 heavy (non-hydrogen) atoms. The van der Waals surface area contributed by atoms with Gasteiger partial charge in [-0.2, -0.15) is 0 Å². The average molecular weight is 537 g/mol. The first kappa shape index (κ1) is 25.3. The molecule has 1 aliphatic rings. The van der Waals surface area contributed by atoms with E-state index in [9.17, 15) is 0 Å². The summed E-state index contributed by atoms with van der Waals surface area (Å²) in [6.45, 7) is 5.82. The van der Waals surface area contributed by atoms with Gasteiger partial charge in [0.1, 0.15) is 18.1 Å². The van der Waals surface area contributed by atoms with Gasteiger partial charge in [-0.3, -0.25) is 4.98 Å². The van der Waals surface area contributed by atoms with Crippen molar-refractivity contribution < 1.29 is 13.9 Å². The normalized spacial score (nSPS) is 17.3. The summed E-state index contributed by atoms with van der Waals surface area (Å²) in [6.07, 6.45) is 3.51. The van der Waals surface area contributed by atoms with Crippen molar-refractivity contribution in [2.45, 2.75) is 32.5 Å². The lowest BCUT2D eigenvalue weighted by molar-refractivity contribution is 0.146. The molecule has 2 atom stereocenters. The molecule has 0 unspecified atom stereocenters. The molecular formula is C28H29ClN4O3S. The van der Waals surface area contributed by atoms with Gasteiger partial charge in [0.2, 0.25) is 0 Å². The first-order valence-electron chi connectivity index (χ1n) is 12.1. The summed E-state index contributed by atoms with van der Waals surface area (Å²) in [7, 11) is 1.64. The van der Waals surface area contributed by atoms with Gasteiger partial charge in [-0.1, -0.05) is 17.7 Å². The fourth-order valence-electron chi connectivity index (χ4n) is 4.87. The highest BCUT2D eigenvalue weighted by atomic mass is 35.5. The lowest BCUT2D eigenvalue weighted by atomic mass is 9.96. The van der Waals surface area contributed by atoms with E-state index in [2.05, 4.69) is 39.7 Å². The van der Waals surface area contributed by atoms with Crippen LogP contribution in [0.3, 0.4) is 0 Å². The Morgan fingerprint density at radius 3 is 2.68 bits per heavy atom. The number of ether oxygens (including phenoxy) is 2. The molecule has 4 aromatic rings. The van der Waals surface area contributed by atoms with Crippen LogP contribution in [0.5, 0.6) is 5.75 Å². The van der Waals surface area contributed by atoms with Gasteiger partial charge in [-0.15, -0.1) is 0 Å². The van der Waals surface area contributed by atoms with Gasteiger partial charge in [-0.25, -0.2) is 0 Å². The molecule has 192 valence electrons. The maximum Gasteiger partial charge on any atom is 0.174 e. The summed E-state index contributed by atoms with van der Waals surface area (Å²) in [5, 5.41) is 4.65. The van der Waals surface area contributed by atoms with E-state index in [1.54, 1.807) is 13.4 Å². The number of hydrogen-bond acceptors (Lipinski definition) is 5. The van der Waals surface area contributed by atoms with Gasteiger partial charge in [-0.05, 0) is 80.2 Å². The van der Waals surface area contributed by atoms with Crippen molar-refractivity contribution in [3.05, 3.63) is 100 Å². The molecule has 0 amide bonds. The number of nitrogens with zero attached hydrogens (tertiary/aromatic N) is 3. The number of rotatable bonds is 9. The fourth-order valence-corrected chi connectivity index (χ4v) is 5.44. The van der Waals surface area contributed by atoms with Crippen LogP contribution in [0.4, 0.5) is 5.69 Å². The quantitative estimate of drug-likeness (QED) is 0.208. The minimum atomic E-state index is -0.150. The van der Waals surface area contributed by atoms with E-state index in [1.165, 1.54) is 0 Å². The molecule has 9 heteroatoms. The molecule has 1 aliphatic heterocycles. The van der Waals surface area contributed by atoms with Crippen LogP contribution in [-0.4, -0.2) is 35.0 Å². The predicted octanol–water partition coefficient (Wildman–Crippen LogP) is 6.00. The fraction of sp³-hybridized carbons (Fsp3) is 0.286. The number of halogens is 1. The van der Waals surface area contributed by atoms with Gasteiger partial charge < -0.3 is 28.7 Å². The highest BCUT2D eigenvalue weighted by Gasteiger charge is 2.42. The van der Waals surface area contributed by atoms with E-state index >= 15 is 0 Å². The number of aromatic nitrogens is 2. The standard InChI is InChI=1S/C28H29ClN4O3S/c1-18-15-22(19(2)32(18)17-21-7-6-12-35-21)27-26(24-8-4-5-11-30-24)31-28(37)33(27)20-9-10-25(23(29)16-20)36-14-13-34-3/h4-12,15-16,26-27H,13-14,17H2,1-3H3,(H,31,37)/t26-,27+/m1/s1. The van der Waals surface area contributed by atoms with Gasteiger partial charge in [0, 0.05) is 30.4 Å². The van der Waals surface area contributed by atoms with E-state index in [1.807, 2.05) is 54.7 Å². The van der Waals surface area contributed by atoms with E-state index < -0.39 is 0 Å². The van der Waals surface area contributed by atoms with Gasteiger partial charge in [0.15, 0.2) is 5.11 Å². The number of pyridine rings is 1. The van der Waals surface area contributed by atoms with Gasteiger partial charge in [0.25, 0.3) is 0 Å². The number of furan rings is 1. The molecule has 1 N–H and O–H groups in total. The summed E-state index contributed by atoms with van der Waals surface area (Å²) >= 11 is 12.5. The third-order valence-corrected chi connectivity index (χ3v) is 7.27. The second kappa shape index (κ2) is 11.0. The highest BCUT2D eigenvalue weighted by Crippen LogP contribution is 2.44. The summed E-state index contributed by atoms with van der Waals surface area (Å²) in [6, 6.07) is 17.5. The zero-order valence-corrected chi connectivity index (χ0v) is 22.6. The number of thiocarbonyl (C=S) groups is 1.